The molecule has 0 saturated carbocycles. The summed E-state index contributed by atoms with van der Waals surface area (Å²) >= 11 is 1.80. The van der Waals surface area contributed by atoms with Crippen LogP contribution >= 0.6 is 23.1 Å². The number of imide groups is 1. The molecule has 1 saturated heterocycles. The number of carbonyl (C=O) groups is 3. The Morgan fingerprint density at radius 2 is 1.79 bits per heavy atom. The quantitative estimate of drug-likeness (QED) is 0.318. The number of thioether (sulfide) groups is 1. The van der Waals surface area contributed by atoms with Gasteiger partial charge in [-0.2, -0.15) is 13.2 Å². The highest BCUT2D eigenvalue weighted by molar-refractivity contribution is 8.00. The standard InChI is InChI=1S/C26H21F3N2O6S2/c1-3-37-17(32)12-30-24-21(39-25(30)35)18(15-9-4-5-10-16(15)36-2)19-20(38-24)23(34)31(22(19)33)14-8-6-7-13(11-14)26(27,28)29/h4-11,18-20H,3,12H2,1-2H3/t18-,19-,20+/m0/s1. The summed E-state index contributed by atoms with van der Waals surface area (Å²) < 4.78 is 52.0. The van der Waals surface area contributed by atoms with Gasteiger partial charge in [0, 0.05) is 16.4 Å². The summed E-state index contributed by atoms with van der Waals surface area (Å²) in [5, 5.41) is -0.723. The fourth-order valence-corrected chi connectivity index (χ4v) is 7.69. The number of aromatic nitrogens is 1. The zero-order valence-corrected chi connectivity index (χ0v) is 22.2. The number of hydrogen-bond donors (Lipinski definition) is 0. The lowest BCUT2D eigenvalue weighted by molar-refractivity contribution is -0.144. The van der Waals surface area contributed by atoms with E-state index >= 15 is 0 Å². The number of alkyl halides is 3. The fraction of sp³-hybridized carbons (Fsp3) is 0.308. The van der Waals surface area contributed by atoms with Crippen molar-refractivity contribution >= 4 is 46.6 Å². The Labute approximate surface area is 228 Å². The summed E-state index contributed by atoms with van der Waals surface area (Å²) in [5.41, 5.74) is -0.652. The number of fused-ring (bicyclic) bond motifs is 2. The van der Waals surface area contributed by atoms with Crippen LogP contribution in [0.3, 0.4) is 0 Å². The molecule has 0 aliphatic carbocycles. The number of rotatable bonds is 6. The maximum atomic E-state index is 13.9. The maximum Gasteiger partial charge on any atom is 0.416 e. The molecular formula is C26H21F3N2O6S2. The molecule has 0 spiro atoms. The first-order chi connectivity index (χ1) is 18.6. The van der Waals surface area contributed by atoms with Crippen molar-refractivity contribution < 1.29 is 37.0 Å². The largest absolute Gasteiger partial charge is 0.496 e. The van der Waals surface area contributed by atoms with Gasteiger partial charge in [0.15, 0.2) is 0 Å². The Balaban J connectivity index is 1.66. The van der Waals surface area contributed by atoms with Crippen LogP contribution in [0, 0.1) is 5.92 Å². The third-order valence-corrected chi connectivity index (χ3v) is 9.15. The van der Waals surface area contributed by atoms with E-state index in [-0.39, 0.29) is 18.8 Å². The minimum absolute atomic E-state index is 0.112. The Kier molecular flexibility index (Phi) is 7.06. The van der Waals surface area contributed by atoms with E-state index in [1.54, 1.807) is 31.2 Å². The van der Waals surface area contributed by atoms with Crippen molar-refractivity contribution in [3.05, 3.63) is 74.2 Å². The molecule has 5 rings (SSSR count). The molecule has 1 aromatic heterocycles. The van der Waals surface area contributed by atoms with Crippen LogP contribution in [0.1, 0.15) is 28.8 Å². The Hall–Kier alpha value is -3.58. The monoisotopic (exact) mass is 578 g/mol. The molecule has 13 heteroatoms. The molecule has 3 aromatic rings. The summed E-state index contributed by atoms with van der Waals surface area (Å²) in [4.78, 5) is 53.6. The van der Waals surface area contributed by atoms with Crippen molar-refractivity contribution in [2.45, 2.75) is 35.8 Å². The van der Waals surface area contributed by atoms with Crippen LogP contribution in [0.2, 0.25) is 0 Å². The van der Waals surface area contributed by atoms with Crippen LogP contribution in [0.4, 0.5) is 18.9 Å². The Morgan fingerprint density at radius 1 is 1.05 bits per heavy atom. The molecule has 39 heavy (non-hydrogen) atoms. The van der Waals surface area contributed by atoms with Crippen molar-refractivity contribution in [1.82, 2.24) is 4.57 Å². The lowest BCUT2D eigenvalue weighted by Crippen LogP contribution is -2.33. The lowest BCUT2D eigenvalue weighted by atomic mass is 9.82. The molecule has 1 fully saturated rings. The molecule has 0 unspecified atom stereocenters. The molecule has 3 heterocycles. The summed E-state index contributed by atoms with van der Waals surface area (Å²) in [6, 6.07) is 10.9. The highest BCUT2D eigenvalue weighted by Gasteiger charge is 2.57. The van der Waals surface area contributed by atoms with E-state index in [1.165, 1.54) is 17.7 Å². The minimum Gasteiger partial charge on any atom is -0.496 e. The summed E-state index contributed by atoms with van der Waals surface area (Å²) in [7, 11) is 1.44. The number of hydrogen-bond acceptors (Lipinski definition) is 8. The number of halogens is 3. The van der Waals surface area contributed by atoms with Gasteiger partial charge in [0.25, 0.3) is 0 Å². The van der Waals surface area contributed by atoms with Gasteiger partial charge in [0.1, 0.15) is 17.5 Å². The number of ether oxygens (including phenoxy) is 2. The maximum absolute atomic E-state index is 13.9. The summed E-state index contributed by atoms with van der Waals surface area (Å²) in [5.74, 6) is -3.48. The number of anilines is 1. The number of amides is 2. The predicted molar refractivity (Wildman–Crippen MR) is 137 cm³/mol. The smallest absolute Gasteiger partial charge is 0.416 e. The number of thiazole rings is 1. The molecule has 0 N–H and O–H groups in total. The van der Waals surface area contributed by atoms with Crippen molar-refractivity contribution in [2.24, 2.45) is 5.92 Å². The SMILES string of the molecule is CCOC(=O)Cn1c2c(sc1=O)[C@@H](c1ccccc1OC)[C@@H]1C(=O)N(c3cccc(C(F)(F)F)c3)C(=O)[C@@H]1S2. The van der Waals surface area contributed by atoms with Crippen LogP contribution in [-0.4, -0.2) is 41.3 Å². The first kappa shape index (κ1) is 27.0. The van der Waals surface area contributed by atoms with Gasteiger partial charge in [-0.3, -0.25) is 23.7 Å². The Morgan fingerprint density at radius 3 is 2.49 bits per heavy atom. The lowest BCUT2D eigenvalue weighted by Gasteiger charge is -2.31. The number of esters is 1. The minimum atomic E-state index is -4.67. The Bertz CT molecular complexity index is 1530. The second-order valence-corrected chi connectivity index (χ2v) is 10.9. The van der Waals surface area contributed by atoms with E-state index in [0.29, 0.717) is 21.2 Å². The highest BCUT2D eigenvalue weighted by atomic mass is 32.2. The average molecular weight is 579 g/mol. The second kappa shape index (κ2) is 10.2. The normalized spacial score (nSPS) is 20.5. The molecule has 2 aliphatic rings. The van der Waals surface area contributed by atoms with E-state index in [0.717, 1.165) is 46.2 Å². The van der Waals surface area contributed by atoms with Gasteiger partial charge < -0.3 is 9.47 Å². The number of carbonyl (C=O) groups excluding carboxylic acids is 3. The van der Waals surface area contributed by atoms with Crippen molar-refractivity contribution in [3.8, 4) is 5.75 Å². The first-order valence-corrected chi connectivity index (χ1v) is 13.5. The molecule has 0 radical (unpaired) electrons. The van der Waals surface area contributed by atoms with Gasteiger partial charge in [0.2, 0.25) is 11.8 Å². The molecular weight excluding hydrogens is 557 g/mol. The average Bonchev–Trinajstić information content (AvgIpc) is 3.34. The predicted octanol–water partition coefficient (Wildman–Crippen LogP) is 4.30. The van der Waals surface area contributed by atoms with Crippen LogP contribution in [0.5, 0.6) is 5.75 Å². The molecule has 0 bridgehead atoms. The van der Waals surface area contributed by atoms with Crippen LogP contribution < -0.4 is 14.5 Å². The van der Waals surface area contributed by atoms with Crippen molar-refractivity contribution in [2.75, 3.05) is 18.6 Å². The second-order valence-electron chi connectivity index (χ2n) is 8.77. The van der Waals surface area contributed by atoms with E-state index in [1.807, 2.05) is 0 Å². The highest BCUT2D eigenvalue weighted by Crippen LogP contribution is 2.55. The van der Waals surface area contributed by atoms with E-state index in [4.69, 9.17) is 9.47 Å². The number of para-hydroxylation sites is 1. The van der Waals surface area contributed by atoms with Crippen LogP contribution in [0.25, 0.3) is 0 Å². The number of nitrogens with zero attached hydrogens (tertiary/aromatic N) is 2. The summed E-state index contributed by atoms with van der Waals surface area (Å²) in [6.45, 7) is 1.35. The first-order valence-electron chi connectivity index (χ1n) is 11.8. The zero-order chi connectivity index (χ0) is 28.1. The van der Waals surface area contributed by atoms with Crippen molar-refractivity contribution in [3.63, 3.8) is 0 Å². The summed E-state index contributed by atoms with van der Waals surface area (Å²) in [6.07, 6.45) is -4.67. The van der Waals surface area contributed by atoms with Crippen LogP contribution in [-0.2, 0) is 31.8 Å². The van der Waals surface area contributed by atoms with E-state index < -0.39 is 51.5 Å². The van der Waals surface area contributed by atoms with Gasteiger partial charge >= 0.3 is 17.0 Å². The fourth-order valence-electron chi connectivity index (χ4n) is 4.93. The van der Waals surface area contributed by atoms with Gasteiger partial charge in [-0.1, -0.05) is 47.4 Å². The third-order valence-electron chi connectivity index (χ3n) is 6.55. The molecule has 3 atom stereocenters. The van der Waals surface area contributed by atoms with Gasteiger partial charge in [0.05, 0.1) is 35.9 Å². The van der Waals surface area contributed by atoms with Crippen molar-refractivity contribution in [1.29, 1.82) is 0 Å². The van der Waals surface area contributed by atoms with Gasteiger partial charge in [-0.25, -0.2) is 4.90 Å². The third kappa shape index (κ3) is 4.63. The van der Waals surface area contributed by atoms with E-state index in [9.17, 15) is 32.3 Å². The molecule has 8 nitrogen and oxygen atoms in total. The molecule has 204 valence electrons. The molecule has 2 aromatic carbocycles. The molecule has 2 amide bonds. The number of methoxy groups -OCH3 is 1. The number of benzene rings is 2. The molecule has 2 aliphatic heterocycles. The van der Waals surface area contributed by atoms with E-state index in [2.05, 4.69) is 0 Å². The van der Waals surface area contributed by atoms with Gasteiger partial charge in [-0.05, 0) is 31.2 Å². The van der Waals surface area contributed by atoms with Gasteiger partial charge in [-0.15, -0.1) is 0 Å². The zero-order valence-electron chi connectivity index (χ0n) is 20.6. The topological polar surface area (TPSA) is 94.9 Å². The van der Waals surface area contributed by atoms with Crippen LogP contribution in [0.15, 0.2) is 58.4 Å².